The third-order valence-electron chi connectivity index (χ3n) is 4.50. The molecule has 0 radical (unpaired) electrons. The number of benzene rings is 2. The first-order chi connectivity index (χ1) is 14.2. The van der Waals surface area contributed by atoms with Crippen molar-refractivity contribution in [3.05, 3.63) is 59.7 Å². The molecule has 1 spiro atoms. The Kier molecular flexibility index (Phi) is 6.92. The summed E-state index contributed by atoms with van der Waals surface area (Å²) in [5, 5.41) is 0. The van der Waals surface area contributed by atoms with Gasteiger partial charge < -0.3 is 0 Å². The molecule has 0 aromatic heterocycles. The molecule has 2 aliphatic heterocycles. The van der Waals surface area contributed by atoms with Crippen LogP contribution in [0.15, 0.2) is 48.5 Å². The second-order valence-electron chi connectivity index (χ2n) is 6.77. The molecule has 29 heavy (non-hydrogen) atoms. The fourth-order valence-corrected chi connectivity index (χ4v) is 5.15. The van der Waals surface area contributed by atoms with Crippen LogP contribution in [0.25, 0.3) is 0 Å². The van der Waals surface area contributed by atoms with Crippen LogP contribution in [0, 0.1) is 5.41 Å². The molecule has 0 saturated carbocycles. The number of hydrogen-bond donors (Lipinski definition) is 0. The zero-order valence-electron chi connectivity index (χ0n) is 15.9. The van der Waals surface area contributed by atoms with Gasteiger partial charge in [-0.15, -0.1) is 0 Å². The average molecular weight is 428 g/mol. The van der Waals surface area contributed by atoms with E-state index in [9.17, 15) is 0 Å². The fraction of sp³-hybridized carbons (Fsp3) is 0.263. The minimum atomic E-state index is -1.44. The van der Waals surface area contributed by atoms with E-state index in [0.717, 1.165) is 11.1 Å². The Labute approximate surface area is 174 Å². The van der Waals surface area contributed by atoms with Crippen LogP contribution in [0.1, 0.15) is 11.1 Å². The first kappa shape index (κ1) is 20.9. The van der Waals surface area contributed by atoms with Crippen LogP contribution in [0.3, 0.4) is 0 Å². The van der Waals surface area contributed by atoms with Crippen molar-refractivity contribution in [1.82, 2.24) is 0 Å². The Balaban J connectivity index is 1.24. The summed E-state index contributed by atoms with van der Waals surface area (Å²) in [6.45, 7) is 1.78. The van der Waals surface area contributed by atoms with E-state index >= 15 is 0 Å². The maximum absolute atomic E-state index is 5.81. The molecule has 148 valence electrons. The molecule has 2 aromatic carbocycles. The number of rotatable bonds is 6. The minimum absolute atomic E-state index is 0.343. The summed E-state index contributed by atoms with van der Waals surface area (Å²) in [5.74, 6) is 4.97. The molecule has 4 rings (SSSR count). The summed E-state index contributed by atoms with van der Waals surface area (Å²) in [6, 6.07) is 15.2. The quantitative estimate of drug-likeness (QED) is 0.522. The summed E-state index contributed by atoms with van der Waals surface area (Å²) >= 11 is 0. The van der Waals surface area contributed by atoms with Crippen molar-refractivity contribution in [1.29, 1.82) is 0 Å². The van der Waals surface area contributed by atoms with Crippen LogP contribution < -0.4 is 9.05 Å². The van der Waals surface area contributed by atoms with Crippen molar-refractivity contribution in [3.8, 4) is 11.5 Å². The van der Waals surface area contributed by atoms with Crippen LogP contribution >= 0.6 is 17.2 Å². The molecule has 0 aliphatic carbocycles. The van der Waals surface area contributed by atoms with E-state index in [-0.39, 0.29) is 5.41 Å². The van der Waals surface area contributed by atoms with E-state index in [4.69, 9.17) is 27.1 Å². The first-order valence-electron chi connectivity index (χ1n) is 9.11. The van der Waals surface area contributed by atoms with E-state index in [1.165, 1.54) is 0 Å². The SMILES string of the molecule is B=Cc1ccc(OP2OCC3(CO2)COP(Oc2ccc(C=B)cc2)OC3)cc1. The molecule has 2 aliphatic rings. The molecule has 0 amide bonds. The summed E-state index contributed by atoms with van der Waals surface area (Å²) in [5.41, 5.74) is 1.71. The molecule has 2 heterocycles. The van der Waals surface area contributed by atoms with Gasteiger partial charge in [-0.05, 0) is 0 Å². The second-order valence-corrected chi connectivity index (χ2v) is 9.06. The van der Waals surface area contributed by atoms with Gasteiger partial charge in [0.25, 0.3) is 0 Å². The Morgan fingerprint density at radius 1 is 0.655 bits per heavy atom. The maximum atomic E-state index is 5.81. The van der Waals surface area contributed by atoms with E-state index in [0.29, 0.717) is 37.9 Å². The standard InChI is InChI=1S/C19H20B2O6P2/c20-9-15-1-5-17(6-2-15)26-28-22-11-19(12-23-28)13-24-29(25-14-19)27-18-7-3-16(10-21)4-8-18/h1-10,20-21H,11-14H2. The van der Waals surface area contributed by atoms with Crippen molar-refractivity contribution < 1.29 is 27.1 Å². The van der Waals surface area contributed by atoms with Gasteiger partial charge >= 0.3 is 174 Å². The predicted octanol–water partition coefficient (Wildman–Crippen LogP) is 2.78. The summed E-state index contributed by atoms with van der Waals surface area (Å²) < 4.78 is 34.8. The zero-order chi connectivity index (χ0) is 20.1. The van der Waals surface area contributed by atoms with Crippen LogP contribution in [0.5, 0.6) is 11.5 Å². The van der Waals surface area contributed by atoms with E-state index < -0.39 is 17.2 Å². The topological polar surface area (TPSA) is 55.4 Å². The average Bonchev–Trinajstić information content (AvgIpc) is 2.78. The number of hydrogen-bond acceptors (Lipinski definition) is 6. The van der Waals surface area contributed by atoms with Crippen LogP contribution in [-0.4, -0.2) is 53.3 Å². The molecule has 2 aromatic rings. The molecule has 6 nitrogen and oxygen atoms in total. The molecule has 0 atom stereocenters. The molecule has 0 N–H and O–H groups in total. The van der Waals surface area contributed by atoms with Crippen LogP contribution in [0.2, 0.25) is 0 Å². The van der Waals surface area contributed by atoms with Crippen LogP contribution in [-0.2, 0) is 18.1 Å². The molecule has 0 bridgehead atoms. The van der Waals surface area contributed by atoms with Gasteiger partial charge in [0.1, 0.15) is 0 Å². The Morgan fingerprint density at radius 3 is 1.31 bits per heavy atom. The molecule has 10 heteroatoms. The fourth-order valence-electron chi connectivity index (χ4n) is 2.69. The Morgan fingerprint density at radius 2 is 1.00 bits per heavy atom. The van der Waals surface area contributed by atoms with Crippen molar-refractivity contribution in [2.45, 2.75) is 0 Å². The molecular formula is C19H20B2O6P2. The molecule has 2 saturated heterocycles. The van der Waals surface area contributed by atoms with Gasteiger partial charge in [0, 0.05) is 0 Å². The van der Waals surface area contributed by atoms with Gasteiger partial charge in [0.05, 0.1) is 0 Å². The monoisotopic (exact) mass is 428 g/mol. The predicted molar refractivity (Wildman–Crippen MR) is 119 cm³/mol. The first-order valence-corrected chi connectivity index (χ1v) is 11.3. The van der Waals surface area contributed by atoms with Gasteiger partial charge in [-0.1, -0.05) is 0 Å². The summed E-state index contributed by atoms with van der Waals surface area (Å²) in [7, 11) is 4.60. The third kappa shape index (κ3) is 5.40. The van der Waals surface area contributed by atoms with Gasteiger partial charge in [-0.2, -0.15) is 0 Å². The van der Waals surface area contributed by atoms with E-state index in [1.807, 2.05) is 48.5 Å². The second kappa shape index (κ2) is 9.61. The molecular weight excluding hydrogens is 408 g/mol. The van der Waals surface area contributed by atoms with Crippen molar-refractivity contribution >= 4 is 44.1 Å². The van der Waals surface area contributed by atoms with Gasteiger partial charge in [-0.25, -0.2) is 0 Å². The molecule has 0 unspecified atom stereocenters. The van der Waals surface area contributed by atoms with Crippen molar-refractivity contribution in [2.24, 2.45) is 5.41 Å². The Bertz CT molecular complexity index is 758. The van der Waals surface area contributed by atoms with Gasteiger partial charge in [0.15, 0.2) is 0 Å². The van der Waals surface area contributed by atoms with E-state index in [2.05, 4.69) is 15.0 Å². The third-order valence-corrected chi connectivity index (χ3v) is 6.58. The van der Waals surface area contributed by atoms with Gasteiger partial charge in [-0.3, -0.25) is 0 Å². The van der Waals surface area contributed by atoms with E-state index in [1.54, 1.807) is 11.9 Å². The van der Waals surface area contributed by atoms with Crippen molar-refractivity contribution in [2.75, 3.05) is 26.4 Å². The normalized spacial score (nSPS) is 26.6. The van der Waals surface area contributed by atoms with Crippen molar-refractivity contribution in [3.63, 3.8) is 0 Å². The molecule has 2 fully saturated rings. The zero-order valence-corrected chi connectivity index (χ0v) is 17.6. The summed E-state index contributed by atoms with van der Waals surface area (Å²) in [6.07, 6.45) is 0. The Hall–Kier alpha value is -1.39. The van der Waals surface area contributed by atoms with Gasteiger partial charge in [0.2, 0.25) is 0 Å². The summed E-state index contributed by atoms with van der Waals surface area (Å²) in [4.78, 5) is 0. The van der Waals surface area contributed by atoms with Crippen LogP contribution in [0.4, 0.5) is 0 Å².